The predicted molar refractivity (Wildman–Crippen MR) is 117 cm³/mol. The maximum absolute atomic E-state index is 12.9. The van der Waals surface area contributed by atoms with E-state index < -0.39 is 5.97 Å². The first-order chi connectivity index (χ1) is 14.5. The van der Waals surface area contributed by atoms with Crippen molar-refractivity contribution in [3.8, 4) is 23.0 Å². The van der Waals surface area contributed by atoms with E-state index in [9.17, 15) is 14.7 Å². The van der Waals surface area contributed by atoms with E-state index >= 15 is 0 Å². The van der Waals surface area contributed by atoms with Gasteiger partial charge in [0.15, 0.2) is 0 Å². The number of nitrogens with zero attached hydrogens (tertiary/aromatic N) is 3. The van der Waals surface area contributed by atoms with Gasteiger partial charge in [0, 0.05) is 0 Å². The molecule has 0 saturated heterocycles. The molecule has 154 valence electrons. The molecule has 0 spiro atoms. The molecule has 3 aromatic rings. The van der Waals surface area contributed by atoms with Gasteiger partial charge < -0.3 is 5.11 Å². The first kappa shape index (κ1) is 21.1. The van der Waals surface area contributed by atoms with Gasteiger partial charge in [-0.05, 0) is 43.0 Å². The second-order valence-corrected chi connectivity index (χ2v) is 7.14. The normalized spacial score (nSPS) is 11.6. The molecule has 0 aliphatic carbocycles. The maximum atomic E-state index is 12.9. The Morgan fingerprint density at radius 2 is 1.87 bits per heavy atom. The van der Waals surface area contributed by atoms with E-state index in [2.05, 4.69) is 16.9 Å². The Morgan fingerprint density at radius 3 is 2.50 bits per heavy atom. The van der Waals surface area contributed by atoms with Crippen molar-refractivity contribution in [3.05, 3.63) is 76.0 Å². The monoisotopic (exact) mass is 403 g/mol. The number of rotatable bonds is 7. The molecule has 6 nitrogen and oxygen atoms in total. The quantitative estimate of drug-likeness (QED) is 0.605. The highest BCUT2D eigenvalue weighted by Gasteiger charge is 2.16. The van der Waals surface area contributed by atoms with Crippen LogP contribution in [0.2, 0.25) is 0 Å². The minimum absolute atomic E-state index is 0.0157. The number of hydrogen-bond donors (Lipinski definition) is 1. The predicted octanol–water partition coefficient (Wildman–Crippen LogP) is 4.00. The summed E-state index contributed by atoms with van der Waals surface area (Å²) in [5, 5.41) is 13.9. The number of carboxylic acids is 1. The van der Waals surface area contributed by atoms with Crippen LogP contribution in [0.1, 0.15) is 55.0 Å². The summed E-state index contributed by atoms with van der Waals surface area (Å²) in [6, 6.07) is 14.5. The molecule has 2 aromatic carbocycles. The largest absolute Gasteiger partial charge is 0.478 e. The summed E-state index contributed by atoms with van der Waals surface area (Å²) in [4.78, 5) is 24.4. The average molecular weight is 403 g/mol. The van der Waals surface area contributed by atoms with Crippen molar-refractivity contribution in [3.63, 3.8) is 0 Å². The van der Waals surface area contributed by atoms with Crippen molar-refractivity contribution in [1.82, 2.24) is 14.3 Å². The molecule has 3 rings (SSSR count). The molecular formula is C24H25N3O3. The van der Waals surface area contributed by atoms with E-state index in [4.69, 9.17) is 0 Å². The first-order valence-electron chi connectivity index (χ1n) is 9.95. The lowest BCUT2D eigenvalue weighted by molar-refractivity contribution is 0.0697. The number of aromatic nitrogens is 3. The summed E-state index contributed by atoms with van der Waals surface area (Å²) < 4.78 is 3.20. The molecule has 0 aliphatic heterocycles. The number of carbonyl (C=O) groups is 1. The van der Waals surface area contributed by atoms with Crippen LogP contribution in [0.3, 0.4) is 0 Å². The maximum Gasteiger partial charge on any atom is 0.346 e. The topological polar surface area (TPSA) is 77.1 Å². The number of benzene rings is 2. The van der Waals surface area contributed by atoms with Crippen molar-refractivity contribution in [2.24, 2.45) is 0 Å². The summed E-state index contributed by atoms with van der Waals surface area (Å²) in [7, 11) is 0. The molecule has 1 unspecified atom stereocenters. The molecule has 6 heteroatoms. The third-order valence-electron chi connectivity index (χ3n) is 5.16. The van der Waals surface area contributed by atoms with Gasteiger partial charge in [0.05, 0.1) is 24.6 Å². The fourth-order valence-corrected chi connectivity index (χ4v) is 3.27. The smallest absolute Gasteiger partial charge is 0.346 e. The number of aromatic carboxylic acids is 1. The Bertz CT molecular complexity index is 1160. The summed E-state index contributed by atoms with van der Waals surface area (Å²) in [6.45, 7) is 6.15. The Labute approximate surface area is 175 Å². The lowest BCUT2D eigenvalue weighted by atomic mass is 9.99. The van der Waals surface area contributed by atoms with Crippen molar-refractivity contribution in [2.75, 3.05) is 0 Å². The Morgan fingerprint density at radius 1 is 1.17 bits per heavy atom. The van der Waals surface area contributed by atoms with Crippen LogP contribution in [0.15, 0.2) is 53.3 Å². The van der Waals surface area contributed by atoms with Crippen LogP contribution < -0.4 is 5.69 Å². The van der Waals surface area contributed by atoms with Gasteiger partial charge in [-0.2, -0.15) is 5.10 Å². The van der Waals surface area contributed by atoms with Crippen molar-refractivity contribution in [1.29, 1.82) is 0 Å². The second kappa shape index (κ2) is 9.27. The zero-order valence-electron chi connectivity index (χ0n) is 17.4. The SMILES string of the molecule is CC#CCc1nn(C(C)CC)c(=O)n1Cc1ccc(-c2ccccc2C(=O)O)cc1. The zero-order valence-corrected chi connectivity index (χ0v) is 17.4. The molecule has 1 heterocycles. The van der Waals surface area contributed by atoms with Gasteiger partial charge in [0.1, 0.15) is 5.82 Å². The molecule has 1 N–H and O–H groups in total. The Kier molecular flexibility index (Phi) is 6.53. The summed E-state index contributed by atoms with van der Waals surface area (Å²) >= 11 is 0. The molecule has 1 atom stereocenters. The molecule has 0 amide bonds. The minimum Gasteiger partial charge on any atom is -0.478 e. The molecular weight excluding hydrogens is 378 g/mol. The third-order valence-corrected chi connectivity index (χ3v) is 5.16. The van der Waals surface area contributed by atoms with Crippen LogP contribution in [-0.2, 0) is 13.0 Å². The van der Waals surface area contributed by atoms with Gasteiger partial charge in [0.25, 0.3) is 0 Å². The highest BCUT2D eigenvalue weighted by Crippen LogP contribution is 2.24. The van der Waals surface area contributed by atoms with Crippen molar-refractivity contribution >= 4 is 5.97 Å². The molecule has 0 radical (unpaired) electrons. The van der Waals surface area contributed by atoms with Crippen molar-refractivity contribution < 1.29 is 9.90 Å². The van der Waals surface area contributed by atoms with Crippen LogP contribution in [0, 0.1) is 11.8 Å². The minimum atomic E-state index is -0.958. The Balaban J connectivity index is 1.94. The van der Waals surface area contributed by atoms with Crippen LogP contribution in [-0.4, -0.2) is 25.4 Å². The third kappa shape index (κ3) is 4.36. The lowest BCUT2D eigenvalue weighted by Crippen LogP contribution is -2.27. The summed E-state index contributed by atoms with van der Waals surface area (Å²) in [5.74, 6) is 5.54. The van der Waals surface area contributed by atoms with Gasteiger partial charge in [-0.25, -0.2) is 14.3 Å². The fraction of sp³-hybridized carbons (Fsp3) is 0.292. The standard InChI is InChI=1S/C24H25N3O3/c1-4-6-11-22-25-27(17(3)5-2)24(30)26(22)16-18-12-14-19(15-13-18)20-9-7-8-10-21(20)23(28)29/h7-10,12-15,17H,5,11,16H2,1-3H3,(H,28,29). The molecule has 0 fully saturated rings. The molecule has 0 bridgehead atoms. The first-order valence-corrected chi connectivity index (χ1v) is 9.95. The highest BCUT2D eigenvalue weighted by atomic mass is 16.4. The number of hydrogen-bond acceptors (Lipinski definition) is 3. The van der Waals surface area contributed by atoms with Crippen LogP contribution >= 0.6 is 0 Å². The molecule has 1 aromatic heterocycles. The Hall–Kier alpha value is -3.59. The summed E-state index contributed by atoms with van der Waals surface area (Å²) in [6.07, 6.45) is 1.23. The lowest BCUT2D eigenvalue weighted by Gasteiger charge is -2.09. The van der Waals surface area contributed by atoms with Crippen LogP contribution in [0.5, 0.6) is 0 Å². The van der Waals surface area contributed by atoms with E-state index in [-0.39, 0.29) is 17.3 Å². The average Bonchev–Trinajstić information content (AvgIpc) is 3.07. The van der Waals surface area contributed by atoms with E-state index in [0.717, 1.165) is 17.5 Å². The highest BCUT2D eigenvalue weighted by molar-refractivity contribution is 5.95. The van der Waals surface area contributed by atoms with Crippen molar-refractivity contribution in [2.45, 2.75) is 46.2 Å². The number of carboxylic acid groups (broad SMARTS) is 1. The second-order valence-electron chi connectivity index (χ2n) is 7.14. The molecule has 30 heavy (non-hydrogen) atoms. The van der Waals surface area contributed by atoms with E-state index in [1.165, 1.54) is 4.68 Å². The zero-order chi connectivity index (χ0) is 21.7. The fourth-order valence-electron chi connectivity index (χ4n) is 3.27. The van der Waals surface area contributed by atoms with Gasteiger partial charge in [-0.1, -0.05) is 55.3 Å². The molecule has 0 saturated carbocycles. The van der Waals surface area contributed by atoms with Gasteiger partial charge in [-0.15, -0.1) is 5.92 Å². The van der Waals surface area contributed by atoms with Crippen LogP contribution in [0.4, 0.5) is 0 Å². The van der Waals surface area contributed by atoms with E-state index in [0.29, 0.717) is 24.4 Å². The van der Waals surface area contributed by atoms with Gasteiger partial charge in [0.2, 0.25) is 0 Å². The summed E-state index contributed by atoms with van der Waals surface area (Å²) in [5.41, 5.74) is 2.53. The van der Waals surface area contributed by atoms with Crippen LogP contribution in [0.25, 0.3) is 11.1 Å². The van der Waals surface area contributed by atoms with Gasteiger partial charge >= 0.3 is 11.7 Å². The van der Waals surface area contributed by atoms with E-state index in [1.54, 1.807) is 29.7 Å². The van der Waals surface area contributed by atoms with E-state index in [1.807, 2.05) is 44.2 Å². The van der Waals surface area contributed by atoms with Gasteiger partial charge in [-0.3, -0.25) is 4.57 Å². The molecule has 0 aliphatic rings.